The molecule has 0 heterocycles. The van der Waals surface area contributed by atoms with Gasteiger partial charge in [0, 0.05) is 12.6 Å². The third kappa shape index (κ3) is 4.50. The summed E-state index contributed by atoms with van der Waals surface area (Å²) in [5, 5.41) is 14.0. The summed E-state index contributed by atoms with van der Waals surface area (Å²) >= 11 is 0. The molecule has 9 heteroatoms. The number of rotatable bonds is 7. The number of hydrogen-bond acceptors (Lipinski definition) is 5. The summed E-state index contributed by atoms with van der Waals surface area (Å²) in [5.41, 5.74) is 1.63. The van der Waals surface area contributed by atoms with Crippen LogP contribution in [0.15, 0.2) is 47.4 Å². The number of nitrogens with one attached hydrogen (secondary N) is 1. The van der Waals surface area contributed by atoms with E-state index in [1.165, 1.54) is 0 Å². The number of nitro benzene ring substituents is 1. The van der Waals surface area contributed by atoms with Gasteiger partial charge in [0.25, 0.3) is 5.69 Å². The molecule has 0 aliphatic rings. The molecule has 25 heavy (non-hydrogen) atoms. The van der Waals surface area contributed by atoms with Gasteiger partial charge >= 0.3 is 5.76 Å². The van der Waals surface area contributed by atoms with Gasteiger partial charge in [-0.3, -0.25) is 10.1 Å². The van der Waals surface area contributed by atoms with Gasteiger partial charge in [0.05, 0.1) is 9.82 Å². The highest BCUT2D eigenvalue weighted by atomic mass is 32.2. The van der Waals surface area contributed by atoms with Crippen LogP contribution in [0.1, 0.15) is 11.1 Å². The van der Waals surface area contributed by atoms with Crippen molar-refractivity contribution in [2.24, 2.45) is 0 Å². The standard InChI is InChI=1S/C16H16F2N2O4S/c1-11-3-2-4-12(9-11)7-8-19-14-6-5-13(10-15(14)20(21)22)25(23,24)16(17)18/h2-6,9-10,16,19H,7-8H2,1H3. The van der Waals surface area contributed by atoms with Gasteiger partial charge in [-0.2, -0.15) is 8.78 Å². The van der Waals surface area contributed by atoms with Crippen molar-refractivity contribution in [2.45, 2.75) is 24.0 Å². The van der Waals surface area contributed by atoms with Crippen LogP contribution in [0.2, 0.25) is 0 Å². The Kier molecular flexibility index (Phi) is 5.68. The molecule has 0 aliphatic heterocycles. The first kappa shape index (κ1) is 18.8. The van der Waals surface area contributed by atoms with Crippen LogP contribution in [0.3, 0.4) is 0 Å². The van der Waals surface area contributed by atoms with Crippen molar-refractivity contribution >= 4 is 21.2 Å². The number of benzene rings is 2. The first-order valence-corrected chi connectivity index (χ1v) is 8.86. The van der Waals surface area contributed by atoms with Crippen molar-refractivity contribution in [3.63, 3.8) is 0 Å². The number of alkyl halides is 2. The molecule has 0 spiro atoms. The van der Waals surface area contributed by atoms with Crippen molar-refractivity contribution in [3.8, 4) is 0 Å². The Morgan fingerprint density at radius 1 is 1.20 bits per heavy atom. The van der Waals surface area contributed by atoms with Crippen molar-refractivity contribution < 1.29 is 22.1 Å². The SMILES string of the molecule is Cc1cccc(CCNc2ccc(S(=O)(=O)C(F)F)cc2[N+](=O)[O-])c1. The molecule has 1 N–H and O–H groups in total. The van der Waals surface area contributed by atoms with Crippen molar-refractivity contribution in [1.82, 2.24) is 0 Å². The van der Waals surface area contributed by atoms with E-state index in [4.69, 9.17) is 0 Å². The Morgan fingerprint density at radius 2 is 1.92 bits per heavy atom. The molecule has 0 amide bonds. The molecule has 0 fully saturated rings. The Morgan fingerprint density at radius 3 is 2.52 bits per heavy atom. The summed E-state index contributed by atoms with van der Waals surface area (Å²) in [6.45, 7) is 2.31. The molecule has 0 bridgehead atoms. The molecule has 0 aromatic heterocycles. The molecule has 0 saturated carbocycles. The minimum absolute atomic E-state index is 0.0749. The number of anilines is 1. The van der Waals surface area contributed by atoms with Crippen LogP contribution in [0.4, 0.5) is 20.2 Å². The largest absolute Gasteiger partial charge is 0.379 e. The second-order valence-electron chi connectivity index (χ2n) is 5.41. The van der Waals surface area contributed by atoms with E-state index in [1.54, 1.807) is 0 Å². The smallest absolute Gasteiger partial charge is 0.341 e. The fourth-order valence-electron chi connectivity index (χ4n) is 2.30. The van der Waals surface area contributed by atoms with E-state index in [9.17, 15) is 27.3 Å². The number of nitrogens with zero attached hydrogens (tertiary/aromatic N) is 1. The Bertz CT molecular complexity index is 885. The topological polar surface area (TPSA) is 89.3 Å². The maximum atomic E-state index is 12.6. The number of sulfone groups is 1. The highest BCUT2D eigenvalue weighted by molar-refractivity contribution is 7.91. The second-order valence-corrected chi connectivity index (χ2v) is 7.33. The average molecular weight is 370 g/mol. The van der Waals surface area contributed by atoms with E-state index in [0.717, 1.165) is 23.3 Å². The predicted molar refractivity (Wildman–Crippen MR) is 89.7 cm³/mol. The Hall–Kier alpha value is -2.55. The molecular formula is C16H16F2N2O4S. The fraction of sp³-hybridized carbons (Fsp3) is 0.250. The molecule has 6 nitrogen and oxygen atoms in total. The summed E-state index contributed by atoms with van der Waals surface area (Å²) in [6.07, 6.45) is 0.593. The van der Waals surface area contributed by atoms with Gasteiger partial charge in [-0.05, 0) is 31.0 Å². The highest BCUT2D eigenvalue weighted by Crippen LogP contribution is 2.29. The molecule has 2 rings (SSSR count). The summed E-state index contributed by atoms with van der Waals surface area (Å²) < 4.78 is 48.1. The lowest BCUT2D eigenvalue weighted by Gasteiger charge is -2.09. The van der Waals surface area contributed by atoms with Crippen LogP contribution in [0.5, 0.6) is 0 Å². The van der Waals surface area contributed by atoms with Crippen LogP contribution in [0.25, 0.3) is 0 Å². The first-order valence-electron chi connectivity index (χ1n) is 7.31. The van der Waals surface area contributed by atoms with Crippen molar-refractivity contribution in [3.05, 3.63) is 63.7 Å². The molecular weight excluding hydrogens is 354 g/mol. The molecule has 0 saturated heterocycles. The van der Waals surface area contributed by atoms with E-state index in [0.29, 0.717) is 19.0 Å². The minimum atomic E-state index is -4.88. The van der Waals surface area contributed by atoms with E-state index >= 15 is 0 Å². The van der Waals surface area contributed by atoms with E-state index in [2.05, 4.69) is 5.32 Å². The summed E-state index contributed by atoms with van der Waals surface area (Å²) in [6, 6.07) is 10.5. The van der Waals surface area contributed by atoms with Gasteiger partial charge in [0.1, 0.15) is 5.69 Å². The van der Waals surface area contributed by atoms with Gasteiger partial charge in [-0.25, -0.2) is 8.42 Å². The monoisotopic (exact) mass is 370 g/mol. The van der Waals surface area contributed by atoms with Crippen LogP contribution in [0, 0.1) is 17.0 Å². The number of halogens is 2. The summed E-state index contributed by atoms with van der Waals surface area (Å²) in [4.78, 5) is 9.55. The zero-order valence-electron chi connectivity index (χ0n) is 13.3. The molecule has 0 radical (unpaired) electrons. The Labute approximate surface area is 143 Å². The lowest BCUT2D eigenvalue weighted by Crippen LogP contribution is -2.13. The summed E-state index contributed by atoms with van der Waals surface area (Å²) in [7, 11) is -4.88. The molecule has 0 aliphatic carbocycles. The molecule has 2 aromatic rings. The van der Waals surface area contributed by atoms with Crippen LogP contribution in [-0.4, -0.2) is 25.6 Å². The van der Waals surface area contributed by atoms with E-state index < -0.39 is 31.1 Å². The zero-order valence-corrected chi connectivity index (χ0v) is 14.1. The third-order valence-corrected chi connectivity index (χ3v) is 4.92. The zero-order chi connectivity index (χ0) is 18.6. The van der Waals surface area contributed by atoms with Gasteiger partial charge in [-0.1, -0.05) is 29.8 Å². The first-order chi connectivity index (χ1) is 11.7. The molecule has 2 aromatic carbocycles. The normalized spacial score (nSPS) is 11.5. The van der Waals surface area contributed by atoms with Crippen molar-refractivity contribution in [2.75, 3.05) is 11.9 Å². The van der Waals surface area contributed by atoms with Crippen LogP contribution in [-0.2, 0) is 16.3 Å². The van der Waals surface area contributed by atoms with E-state index in [1.807, 2.05) is 31.2 Å². The van der Waals surface area contributed by atoms with Gasteiger partial charge in [0.15, 0.2) is 0 Å². The predicted octanol–water partition coefficient (Wildman–Crippen LogP) is 3.55. The Balaban J connectivity index is 2.19. The number of nitro groups is 1. The van der Waals surface area contributed by atoms with Crippen LogP contribution < -0.4 is 5.32 Å². The molecule has 0 unspecified atom stereocenters. The number of aryl methyl sites for hydroxylation is 1. The fourth-order valence-corrected chi connectivity index (χ4v) is 3.04. The van der Waals surface area contributed by atoms with E-state index in [-0.39, 0.29) is 5.69 Å². The van der Waals surface area contributed by atoms with Crippen molar-refractivity contribution in [1.29, 1.82) is 0 Å². The maximum absolute atomic E-state index is 12.6. The molecule has 0 atom stereocenters. The van der Waals surface area contributed by atoms with Gasteiger partial charge < -0.3 is 5.32 Å². The van der Waals surface area contributed by atoms with Gasteiger partial charge in [-0.15, -0.1) is 0 Å². The van der Waals surface area contributed by atoms with Gasteiger partial charge in [0.2, 0.25) is 9.84 Å². The van der Waals surface area contributed by atoms with Crippen LogP contribution >= 0.6 is 0 Å². The highest BCUT2D eigenvalue weighted by Gasteiger charge is 2.29. The molecule has 134 valence electrons. The average Bonchev–Trinajstić information content (AvgIpc) is 2.54. The minimum Gasteiger partial charge on any atom is -0.379 e. The maximum Gasteiger partial charge on any atom is 0.341 e. The quantitative estimate of drug-likeness (QED) is 0.595. The number of hydrogen-bond donors (Lipinski definition) is 1. The lowest BCUT2D eigenvalue weighted by molar-refractivity contribution is -0.384. The second kappa shape index (κ2) is 7.56. The third-order valence-electron chi connectivity index (χ3n) is 3.54. The summed E-state index contributed by atoms with van der Waals surface area (Å²) in [5.74, 6) is -3.63. The lowest BCUT2D eigenvalue weighted by atomic mass is 10.1.